The van der Waals surface area contributed by atoms with E-state index >= 15 is 0 Å². The Balaban J connectivity index is 1.67. The van der Waals surface area contributed by atoms with Crippen molar-refractivity contribution >= 4 is 11.6 Å². The molecule has 1 aromatic heterocycles. The van der Waals surface area contributed by atoms with Crippen molar-refractivity contribution in [1.29, 1.82) is 0 Å². The van der Waals surface area contributed by atoms with Crippen molar-refractivity contribution in [2.24, 2.45) is 0 Å². The molecule has 0 atom stereocenters. The number of nitrogens with one attached hydrogen (secondary N) is 1. The van der Waals surface area contributed by atoms with E-state index in [2.05, 4.69) is 17.4 Å². The van der Waals surface area contributed by atoms with E-state index in [1.807, 2.05) is 25.1 Å². The zero-order valence-electron chi connectivity index (χ0n) is 12.5. The third-order valence-electron chi connectivity index (χ3n) is 4.36. The van der Waals surface area contributed by atoms with Gasteiger partial charge in [0.1, 0.15) is 11.5 Å². The molecule has 0 spiro atoms. The first-order valence-corrected chi connectivity index (χ1v) is 8.19. The lowest BCUT2D eigenvalue weighted by atomic mass is 9.95. The summed E-state index contributed by atoms with van der Waals surface area (Å²) >= 11 is 6.18. The molecule has 112 valence electrons. The van der Waals surface area contributed by atoms with Gasteiger partial charge in [0, 0.05) is 16.6 Å². The van der Waals surface area contributed by atoms with E-state index in [0.29, 0.717) is 6.04 Å². The summed E-state index contributed by atoms with van der Waals surface area (Å²) in [5.74, 6) is 1.89. The van der Waals surface area contributed by atoms with Crippen LogP contribution in [-0.4, -0.2) is 6.04 Å². The van der Waals surface area contributed by atoms with Crippen LogP contribution in [0.3, 0.4) is 0 Å². The molecule has 2 nitrogen and oxygen atoms in total. The molecule has 1 saturated carbocycles. The standard InChI is InChI=1S/C18H22ClNO/c1-13-16(8-5-9-17(13)19)18-11-10-15(21-18)12-20-14-6-3-2-4-7-14/h5,8-11,14,20H,2-4,6-7,12H2,1H3. The molecule has 1 aromatic carbocycles. The molecule has 0 aliphatic heterocycles. The van der Waals surface area contributed by atoms with E-state index in [0.717, 1.165) is 34.2 Å². The monoisotopic (exact) mass is 303 g/mol. The Bertz CT molecular complexity index is 599. The van der Waals surface area contributed by atoms with Gasteiger partial charge in [0.15, 0.2) is 0 Å². The minimum atomic E-state index is 0.653. The Morgan fingerprint density at radius 1 is 1.14 bits per heavy atom. The van der Waals surface area contributed by atoms with Crippen molar-refractivity contribution < 1.29 is 4.42 Å². The number of hydrogen-bond acceptors (Lipinski definition) is 2. The second-order valence-electron chi connectivity index (χ2n) is 5.89. The van der Waals surface area contributed by atoms with Gasteiger partial charge in [-0.2, -0.15) is 0 Å². The predicted molar refractivity (Wildman–Crippen MR) is 87.6 cm³/mol. The molecule has 0 saturated heterocycles. The maximum atomic E-state index is 6.18. The predicted octanol–water partition coefficient (Wildman–Crippen LogP) is 5.33. The molecular formula is C18H22ClNO. The lowest BCUT2D eigenvalue weighted by Gasteiger charge is -2.22. The fourth-order valence-electron chi connectivity index (χ4n) is 3.04. The number of rotatable bonds is 4. The molecule has 0 bridgehead atoms. The van der Waals surface area contributed by atoms with Gasteiger partial charge in [0.2, 0.25) is 0 Å². The first-order chi connectivity index (χ1) is 10.2. The van der Waals surface area contributed by atoms with Crippen molar-refractivity contribution in [3.8, 4) is 11.3 Å². The lowest BCUT2D eigenvalue weighted by molar-refractivity contribution is 0.358. The second kappa shape index (κ2) is 6.67. The van der Waals surface area contributed by atoms with Gasteiger partial charge in [0.05, 0.1) is 6.54 Å². The zero-order valence-corrected chi connectivity index (χ0v) is 13.2. The third-order valence-corrected chi connectivity index (χ3v) is 4.77. The van der Waals surface area contributed by atoms with Gasteiger partial charge < -0.3 is 9.73 Å². The van der Waals surface area contributed by atoms with Crippen LogP contribution in [0.1, 0.15) is 43.4 Å². The summed E-state index contributed by atoms with van der Waals surface area (Å²) < 4.78 is 5.98. The molecule has 21 heavy (non-hydrogen) atoms. The van der Waals surface area contributed by atoms with Crippen LogP contribution in [0.15, 0.2) is 34.7 Å². The van der Waals surface area contributed by atoms with Crippen molar-refractivity contribution in [2.75, 3.05) is 0 Å². The van der Waals surface area contributed by atoms with Gasteiger partial charge >= 0.3 is 0 Å². The highest BCUT2D eigenvalue weighted by Crippen LogP contribution is 2.29. The van der Waals surface area contributed by atoms with Gasteiger partial charge in [0.25, 0.3) is 0 Å². The largest absolute Gasteiger partial charge is 0.460 e. The van der Waals surface area contributed by atoms with Gasteiger partial charge in [-0.1, -0.05) is 43.0 Å². The maximum Gasteiger partial charge on any atom is 0.134 e. The van der Waals surface area contributed by atoms with Gasteiger partial charge in [-0.05, 0) is 43.5 Å². The van der Waals surface area contributed by atoms with Crippen LogP contribution >= 0.6 is 11.6 Å². The number of furan rings is 1. The Morgan fingerprint density at radius 3 is 2.76 bits per heavy atom. The molecular weight excluding hydrogens is 282 g/mol. The maximum absolute atomic E-state index is 6.18. The average Bonchev–Trinajstić information content (AvgIpc) is 2.98. The van der Waals surface area contributed by atoms with Crippen LogP contribution in [0.2, 0.25) is 5.02 Å². The fraction of sp³-hybridized carbons (Fsp3) is 0.444. The van der Waals surface area contributed by atoms with Crippen LogP contribution in [0.4, 0.5) is 0 Å². The smallest absolute Gasteiger partial charge is 0.134 e. The molecule has 1 aliphatic rings. The Morgan fingerprint density at radius 2 is 1.95 bits per heavy atom. The number of hydrogen-bond donors (Lipinski definition) is 1. The second-order valence-corrected chi connectivity index (χ2v) is 6.30. The minimum absolute atomic E-state index is 0.653. The molecule has 1 fully saturated rings. The number of halogens is 1. The highest BCUT2D eigenvalue weighted by Gasteiger charge is 2.14. The van der Waals surface area contributed by atoms with Gasteiger partial charge in [-0.3, -0.25) is 0 Å². The summed E-state index contributed by atoms with van der Waals surface area (Å²) in [6.45, 7) is 2.84. The molecule has 1 aliphatic carbocycles. The van der Waals surface area contributed by atoms with Crippen LogP contribution in [-0.2, 0) is 6.54 Å². The van der Waals surface area contributed by atoms with E-state index in [9.17, 15) is 0 Å². The summed E-state index contributed by atoms with van der Waals surface area (Å²) in [5.41, 5.74) is 2.15. The lowest BCUT2D eigenvalue weighted by Crippen LogP contribution is -2.30. The highest BCUT2D eigenvalue weighted by atomic mass is 35.5. The normalized spacial score (nSPS) is 16.3. The van der Waals surface area contributed by atoms with E-state index in [-0.39, 0.29) is 0 Å². The van der Waals surface area contributed by atoms with E-state index < -0.39 is 0 Å². The first-order valence-electron chi connectivity index (χ1n) is 7.81. The highest BCUT2D eigenvalue weighted by molar-refractivity contribution is 6.31. The summed E-state index contributed by atoms with van der Waals surface area (Å²) in [6.07, 6.45) is 6.67. The van der Waals surface area contributed by atoms with Crippen LogP contribution < -0.4 is 5.32 Å². The molecule has 0 radical (unpaired) electrons. The van der Waals surface area contributed by atoms with Crippen molar-refractivity contribution in [3.05, 3.63) is 46.7 Å². The Hall–Kier alpha value is -1.25. The van der Waals surface area contributed by atoms with Crippen molar-refractivity contribution in [3.63, 3.8) is 0 Å². The van der Waals surface area contributed by atoms with Gasteiger partial charge in [-0.15, -0.1) is 0 Å². The topological polar surface area (TPSA) is 25.2 Å². The summed E-state index contributed by atoms with van der Waals surface area (Å²) in [5, 5.41) is 4.39. The molecule has 2 aromatic rings. The fourth-order valence-corrected chi connectivity index (χ4v) is 3.22. The summed E-state index contributed by atoms with van der Waals surface area (Å²) in [7, 11) is 0. The van der Waals surface area contributed by atoms with Crippen LogP contribution in [0.25, 0.3) is 11.3 Å². The summed E-state index contributed by atoms with van der Waals surface area (Å²) in [6, 6.07) is 10.7. The van der Waals surface area contributed by atoms with Crippen molar-refractivity contribution in [1.82, 2.24) is 5.32 Å². The first kappa shape index (κ1) is 14.7. The Labute approximate surface area is 131 Å². The van der Waals surface area contributed by atoms with E-state index in [1.165, 1.54) is 32.1 Å². The minimum Gasteiger partial charge on any atom is -0.460 e. The van der Waals surface area contributed by atoms with Crippen LogP contribution in [0, 0.1) is 6.92 Å². The van der Waals surface area contributed by atoms with Crippen molar-refractivity contribution in [2.45, 2.75) is 51.6 Å². The molecule has 3 heteroatoms. The average molecular weight is 304 g/mol. The third kappa shape index (κ3) is 3.50. The molecule has 1 heterocycles. The number of benzene rings is 1. The SMILES string of the molecule is Cc1c(Cl)cccc1-c1ccc(CNC2CCCCC2)o1. The quantitative estimate of drug-likeness (QED) is 0.825. The summed E-state index contributed by atoms with van der Waals surface area (Å²) in [4.78, 5) is 0. The van der Waals surface area contributed by atoms with Crippen LogP contribution in [0.5, 0.6) is 0 Å². The van der Waals surface area contributed by atoms with E-state index in [4.69, 9.17) is 16.0 Å². The molecule has 3 rings (SSSR count). The zero-order chi connectivity index (χ0) is 14.7. The molecule has 0 unspecified atom stereocenters. The Kier molecular flexibility index (Phi) is 4.67. The molecule has 1 N–H and O–H groups in total. The molecule has 0 amide bonds. The van der Waals surface area contributed by atoms with Gasteiger partial charge in [-0.25, -0.2) is 0 Å². The van der Waals surface area contributed by atoms with E-state index in [1.54, 1.807) is 0 Å².